The Morgan fingerprint density at radius 3 is 2.16 bits per heavy atom. The highest BCUT2D eigenvalue weighted by atomic mass is 16.5. The van der Waals surface area contributed by atoms with E-state index in [9.17, 15) is 4.79 Å². The molecule has 3 aromatic carbocycles. The lowest BCUT2D eigenvalue weighted by molar-refractivity contribution is -0.133. The van der Waals surface area contributed by atoms with Crippen LogP contribution in [0.2, 0.25) is 0 Å². The minimum absolute atomic E-state index is 0.0146. The Morgan fingerprint density at radius 2 is 1.50 bits per heavy atom. The highest BCUT2D eigenvalue weighted by molar-refractivity contribution is 5.79. The minimum Gasteiger partial charge on any atom is -0.337 e. The molecule has 1 heterocycles. The van der Waals surface area contributed by atoms with E-state index < -0.39 is 0 Å². The van der Waals surface area contributed by atoms with Crippen LogP contribution in [0.3, 0.4) is 0 Å². The zero-order chi connectivity index (χ0) is 22.5. The Labute approximate surface area is 188 Å². The van der Waals surface area contributed by atoms with E-state index in [-0.39, 0.29) is 18.5 Å². The largest absolute Gasteiger partial charge is 0.337 e. The van der Waals surface area contributed by atoms with E-state index in [1.54, 1.807) is 4.90 Å². The second-order valence-corrected chi connectivity index (χ2v) is 8.23. The Bertz CT molecular complexity index is 1160. The van der Waals surface area contributed by atoms with Gasteiger partial charge < -0.3 is 9.42 Å². The molecule has 0 saturated heterocycles. The first-order valence-corrected chi connectivity index (χ1v) is 10.8. The molecule has 0 fully saturated rings. The van der Waals surface area contributed by atoms with Crippen LogP contribution in [-0.2, 0) is 17.8 Å². The predicted molar refractivity (Wildman–Crippen MR) is 126 cm³/mol. The number of hydrogen-bond donors (Lipinski definition) is 0. The number of carbonyl (C=O) groups is 1. The van der Waals surface area contributed by atoms with Crippen LogP contribution in [0.4, 0.5) is 0 Å². The summed E-state index contributed by atoms with van der Waals surface area (Å²) in [6.07, 6.45) is 0.326. The Morgan fingerprint density at radius 1 is 0.875 bits per heavy atom. The monoisotopic (exact) mass is 425 g/mol. The normalized spacial score (nSPS) is 11.0. The van der Waals surface area contributed by atoms with Crippen molar-refractivity contribution in [1.29, 1.82) is 0 Å². The smallest absolute Gasteiger partial charge is 0.246 e. The van der Waals surface area contributed by atoms with Gasteiger partial charge in [0.15, 0.2) is 0 Å². The molecule has 4 aromatic rings. The van der Waals surface area contributed by atoms with Crippen molar-refractivity contribution in [1.82, 2.24) is 15.0 Å². The van der Waals surface area contributed by atoms with Crippen LogP contribution in [0, 0.1) is 6.92 Å². The van der Waals surface area contributed by atoms with Crippen LogP contribution in [0.25, 0.3) is 22.5 Å². The van der Waals surface area contributed by atoms with Crippen molar-refractivity contribution >= 4 is 5.91 Å². The van der Waals surface area contributed by atoms with Gasteiger partial charge in [0.2, 0.25) is 17.6 Å². The van der Waals surface area contributed by atoms with Crippen molar-refractivity contribution in [3.63, 3.8) is 0 Å². The average molecular weight is 426 g/mol. The summed E-state index contributed by atoms with van der Waals surface area (Å²) in [6.45, 7) is 6.31. The van der Waals surface area contributed by atoms with Gasteiger partial charge in [-0.25, -0.2) is 0 Å². The first-order valence-electron chi connectivity index (χ1n) is 10.8. The summed E-state index contributed by atoms with van der Waals surface area (Å²) in [6, 6.07) is 26.3. The fourth-order valence-corrected chi connectivity index (χ4v) is 3.57. The zero-order valence-electron chi connectivity index (χ0n) is 18.7. The third kappa shape index (κ3) is 5.11. The van der Waals surface area contributed by atoms with Crippen molar-refractivity contribution in [2.75, 3.05) is 0 Å². The standard InChI is InChI=1S/C27H27N3O2/c1-19(2)30(18-25-28-27(29-32-25)24-13-9-20(3)10-14-24)26(31)17-21-11-15-23(16-12-21)22-7-5-4-6-8-22/h4-16,19H,17-18H2,1-3H3. The summed E-state index contributed by atoms with van der Waals surface area (Å²) < 4.78 is 5.44. The fourth-order valence-electron chi connectivity index (χ4n) is 3.57. The average Bonchev–Trinajstić information content (AvgIpc) is 3.27. The molecule has 5 nitrogen and oxygen atoms in total. The van der Waals surface area contributed by atoms with E-state index in [4.69, 9.17) is 4.52 Å². The summed E-state index contributed by atoms with van der Waals surface area (Å²) in [7, 11) is 0. The molecule has 0 saturated carbocycles. The minimum atomic E-state index is 0.0146. The second-order valence-electron chi connectivity index (χ2n) is 8.23. The summed E-state index contributed by atoms with van der Waals surface area (Å²) in [5.41, 5.74) is 5.34. The fraction of sp³-hybridized carbons (Fsp3) is 0.222. The van der Waals surface area contributed by atoms with Crippen LogP contribution in [0.15, 0.2) is 83.4 Å². The van der Waals surface area contributed by atoms with E-state index in [0.29, 0.717) is 18.1 Å². The van der Waals surface area contributed by atoms with Gasteiger partial charge in [-0.2, -0.15) is 4.98 Å². The Kier molecular flexibility index (Phi) is 6.45. The van der Waals surface area contributed by atoms with Crippen molar-refractivity contribution in [3.8, 4) is 22.5 Å². The van der Waals surface area contributed by atoms with E-state index in [2.05, 4.69) is 34.4 Å². The Hall–Kier alpha value is -3.73. The molecule has 0 spiro atoms. The van der Waals surface area contributed by atoms with Crippen molar-refractivity contribution < 1.29 is 9.32 Å². The molecule has 1 amide bonds. The molecule has 5 heteroatoms. The van der Waals surface area contributed by atoms with Gasteiger partial charge in [0.25, 0.3) is 0 Å². The third-order valence-electron chi connectivity index (χ3n) is 5.44. The molecular weight excluding hydrogens is 398 g/mol. The van der Waals surface area contributed by atoms with E-state index in [1.807, 2.05) is 75.4 Å². The molecule has 0 aliphatic carbocycles. The molecular formula is C27H27N3O2. The number of rotatable bonds is 7. The summed E-state index contributed by atoms with van der Waals surface area (Å²) in [5, 5.41) is 4.09. The number of benzene rings is 3. The lowest BCUT2D eigenvalue weighted by Crippen LogP contribution is -2.37. The number of aryl methyl sites for hydroxylation is 1. The first-order chi connectivity index (χ1) is 15.5. The van der Waals surface area contributed by atoms with E-state index >= 15 is 0 Å². The molecule has 4 rings (SSSR count). The molecule has 32 heavy (non-hydrogen) atoms. The van der Waals surface area contributed by atoms with E-state index in [0.717, 1.165) is 22.3 Å². The highest BCUT2D eigenvalue weighted by Gasteiger charge is 2.21. The molecule has 0 aliphatic rings. The summed E-state index contributed by atoms with van der Waals surface area (Å²) in [5.74, 6) is 0.997. The summed E-state index contributed by atoms with van der Waals surface area (Å²) >= 11 is 0. The topological polar surface area (TPSA) is 59.2 Å². The summed E-state index contributed by atoms with van der Waals surface area (Å²) in [4.78, 5) is 19.3. The number of amides is 1. The number of nitrogens with zero attached hydrogens (tertiary/aromatic N) is 3. The quantitative estimate of drug-likeness (QED) is 0.382. The second kappa shape index (κ2) is 9.60. The predicted octanol–water partition coefficient (Wildman–Crippen LogP) is 5.69. The molecule has 1 aromatic heterocycles. The van der Waals surface area contributed by atoms with Gasteiger partial charge in [0, 0.05) is 11.6 Å². The molecule has 0 atom stereocenters. The van der Waals surface area contributed by atoms with Crippen molar-refractivity contribution in [3.05, 3.63) is 95.9 Å². The maximum atomic E-state index is 13.1. The molecule has 0 radical (unpaired) electrons. The number of carbonyl (C=O) groups excluding carboxylic acids is 1. The van der Waals surface area contributed by atoms with Gasteiger partial charge in [-0.15, -0.1) is 0 Å². The lowest BCUT2D eigenvalue weighted by atomic mass is 10.0. The highest BCUT2D eigenvalue weighted by Crippen LogP contribution is 2.21. The van der Waals surface area contributed by atoms with Crippen LogP contribution in [0.5, 0.6) is 0 Å². The molecule has 0 unspecified atom stereocenters. The van der Waals surface area contributed by atoms with Crippen molar-refractivity contribution in [2.45, 2.75) is 39.8 Å². The van der Waals surface area contributed by atoms with Crippen LogP contribution in [0.1, 0.15) is 30.9 Å². The molecule has 0 aliphatic heterocycles. The number of aromatic nitrogens is 2. The zero-order valence-corrected chi connectivity index (χ0v) is 18.7. The van der Waals surface area contributed by atoms with Crippen LogP contribution < -0.4 is 0 Å². The van der Waals surface area contributed by atoms with Gasteiger partial charge in [-0.1, -0.05) is 89.6 Å². The van der Waals surface area contributed by atoms with E-state index in [1.165, 1.54) is 5.56 Å². The molecule has 0 bridgehead atoms. The lowest BCUT2D eigenvalue weighted by Gasteiger charge is -2.25. The molecule has 162 valence electrons. The van der Waals surface area contributed by atoms with Gasteiger partial charge in [0.1, 0.15) is 6.54 Å². The van der Waals surface area contributed by atoms with Gasteiger partial charge in [-0.05, 0) is 37.5 Å². The van der Waals surface area contributed by atoms with Gasteiger partial charge in [-0.3, -0.25) is 4.79 Å². The number of hydrogen-bond acceptors (Lipinski definition) is 4. The first kappa shape index (κ1) is 21.5. The van der Waals surface area contributed by atoms with Crippen molar-refractivity contribution in [2.24, 2.45) is 0 Å². The van der Waals surface area contributed by atoms with Gasteiger partial charge >= 0.3 is 0 Å². The molecule has 0 N–H and O–H groups in total. The maximum Gasteiger partial charge on any atom is 0.246 e. The SMILES string of the molecule is Cc1ccc(-c2noc(CN(C(=O)Cc3ccc(-c4ccccc4)cc3)C(C)C)n2)cc1. The van der Waals surface area contributed by atoms with Gasteiger partial charge in [0.05, 0.1) is 6.42 Å². The maximum absolute atomic E-state index is 13.1. The van der Waals surface area contributed by atoms with Crippen LogP contribution >= 0.6 is 0 Å². The van der Waals surface area contributed by atoms with Crippen LogP contribution in [-0.4, -0.2) is 27.0 Å². The third-order valence-corrected chi connectivity index (χ3v) is 5.44. The Balaban J connectivity index is 1.44.